The number of benzene rings is 1. The Kier molecular flexibility index (Phi) is 16.4. The van der Waals surface area contributed by atoms with Crippen LogP contribution in [0.15, 0.2) is 24.3 Å². The predicted molar refractivity (Wildman–Crippen MR) is 124 cm³/mol. The number of rotatable bonds is 19. The maximum atomic E-state index is 3.58. The zero-order valence-corrected chi connectivity index (χ0v) is 18.5. The molecule has 27 heavy (non-hydrogen) atoms. The standard InChI is InChI=1S/C26H47N/c1-3-5-7-9-11-13-15-17-19-25-20-22-26(23-21-25)27-24-18-16-14-12-10-8-6-4-2/h20-23,27H,3-19,24H2,1-2H3. The summed E-state index contributed by atoms with van der Waals surface area (Å²) in [6, 6.07) is 9.17. The molecular formula is C26H47N. The van der Waals surface area contributed by atoms with Gasteiger partial charge in [-0.15, -0.1) is 0 Å². The first kappa shape index (κ1) is 24.1. The molecule has 0 spiro atoms. The van der Waals surface area contributed by atoms with Crippen molar-refractivity contribution in [2.75, 3.05) is 11.9 Å². The van der Waals surface area contributed by atoms with Gasteiger partial charge >= 0.3 is 0 Å². The summed E-state index contributed by atoms with van der Waals surface area (Å²) in [5.41, 5.74) is 2.79. The molecule has 1 rings (SSSR count). The summed E-state index contributed by atoms with van der Waals surface area (Å²) in [5.74, 6) is 0. The number of nitrogens with one attached hydrogen (secondary N) is 1. The van der Waals surface area contributed by atoms with Gasteiger partial charge in [-0.3, -0.25) is 0 Å². The van der Waals surface area contributed by atoms with Crippen molar-refractivity contribution in [3.05, 3.63) is 29.8 Å². The smallest absolute Gasteiger partial charge is 0.0340 e. The lowest BCUT2D eigenvalue weighted by atomic mass is 10.0. The van der Waals surface area contributed by atoms with Crippen LogP contribution in [0.1, 0.15) is 122 Å². The van der Waals surface area contributed by atoms with Gasteiger partial charge in [0.05, 0.1) is 0 Å². The largest absolute Gasteiger partial charge is 0.385 e. The van der Waals surface area contributed by atoms with Gasteiger partial charge in [-0.1, -0.05) is 116 Å². The molecule has 0 aliphatic carbocycles. The summed E-state index contributed by atoms with van der Waals surface area (Å²) in [6.07, 6.45) is 23.6. The maximum absolute atomic E-state index is 3.58. The average molecular weight is 374 g/mol. The third kappa shape index (κ3) is 14.7. The minimum atomic E-state index is 1.12. The molecule has 0 radical (unpaired) electrons. The van der Waals surface area contributed by atoms with Gasteiger partial charge in [-0.2, -0.15) is 0 Å². The zero-order chi connectivity index (χ0) is 19.4. The molecular weight excluding hydrogens is 326 g/mol. The first-order chi connectivity index (χ1) is 13.4. The molecule has 0 aromatic heterocycles. The molecule has 1 aromatic rings. The van der Waals surface area contributed by atoms with Crippen LogP contribution in [0.5, 0.6) is 0 Å². The number of anilines is 1. The molecule has 0 saturated carbocycles. The third-order valence-corrected chi connectivity index (χ3v) is 5.63. The maximum Gasteiger partial charge on any atom is 0.0340 e. The van der Waals surface area contributed by atoms with Crippen LogP contribution in [0.25, 0.3) is 0 Å². The molecule has 1 aromatic carbocycles. The minimum Gasteiger partial charge on any atom is -0.385 e. The Morgan fingerprint density at radius 3 is 1.48 bits per heavy atom. The first-order valence-corrected chi connectivity index (χ1v) is 12.2. The van der Waals surface area contributed by atoms with E-state index in [-0.39, 0.29) is 0 Å². The van der Waals surface area contributed by atoms with E-state index < -0.39 is 0 Å². The monoisotopic (exact) mass is 373 g/mol. The summed E-state index contributed by atoms with van der Waals surface area (Å²) >= 11 is 0. The predicted octanol–water partition coefficient (Wildman–Crippen LogP) is 8.92. The van der Waals surface area contributed by atoms with Crippen molar-refractivity contribution in [2.45, 2.75) is 123 Å². The van der Waals surface area contributed by atoms with E-state index in [1.165, 1.54) is 120 Å². The Bertz CT molecular complexity index is 409. The van der Waals surface area contributed by atoms with Crippen LogP contribution in [-0.4, -0.2) is 6.54 Å². The Hall–Kier alpha value is -0.980. The van der Waals surface area contributed by atoms with Crippen molar-refractivity contribution in [3.8, 4) is 0 Å². The number of aryl methyl sites for hydroxylation is 1. The van der Waals surface area contributed by atoms with E-state index in [0.717, 1.165) is 6.54 Å². The summed E-state index contributed by atoms with van der Waals surface area (Å²) in [7, 11) is 0. The molecule has 1 nitrogen and oxygen atoms in total. The highest BCUT2D eigenvalue weighted by molar-refractivity contribution is 5.44. The van der Waals surface area contributed by atoms with Crippen molar-refractivity contribution in [1.82, 2.24) is 0 Å². The first-order valence-electron chi connectivity index (χ1n) is 12.2. The lowest BCUT2D eigenvalue weighted by Crippen LogP contribution is -2.01. The van der Waals surface area contributed by atoms with Crippen LogP contribution in [0.4, 0.5) is 5.69 Å². The summed E-state index contributed by atoms with van der Waals surface area (Å²) in [4.78, 5) is 0. The fourth-order valence-corrected chi connectivity index (χ4v) is 3.74. The Morgan fingerprint density at radius 2 is 0.963 bits per heavy atom. The fourth-order valence-electron chi connectivity index (χ4n) is 3.74. The highest BCUT2D eigenvalue weighted by Gasteiger charge is 1.97. The molecule has 0 fully saturated rings. The van der Waals surface area contributed by atoms with Gasteiger partial charge in [-0.05, 0) is 37.0 Å². The van der Waals surface area contributed by atoms with Crippen molar-refractivity contribution >= 4 is 5.69 Å². The van der Waals surface area contributed by atoms with E-state index in [4.69, 9.17) is 0 Å². The van der Waals surface area contributed by atoms with Crippen LogP contribution in [0.3, 0.4) is 0 Å². The average Bonchev–Trinajstić information content (AvgIpc) is 2.70. The van der Waals surface area contributed by atoms with Crippen LogP contribution in [0, 0.1) is 0 Å². The topological polar surface area (TPSA) is 12.0 Å². The Morgan fingerprint density at radius 1 is 0.519 bits per heavy atom. The van der Waals surface area contributed by atoms with E-state index >= 15 is 0 Å². The van der Waals surface area contributed by atoms with Gasteiger partial charge in [-0.25, -0.2) is 0 Å². The van der Waals surface area contributed by atoms with Gasteiger partial charge in [0.15, 0.2) is 0 Å². The van der Waals surface area contributed by atoms with Crippen LogP contribution in [0.2, 0.25) is 0 Å². The second kappa shape index (κ2) is 18.4. The molecule has 1 heteroatoms. The molecule has 0 atom stereocenters. The van der Waals surface area contributed by atoms with Gasteiger partial charge < -0.3 is 5.32 Å². The molecule has 0 unspecified atom stereocenters. The molecule has 0 aliphatic heterocycles. The zero-order valence-electron chi connectivity index (χ0n) is 18.5. The molecule has 0 heterocycles. The lowest BCUT2D eigenvalue weighted by molar-refractivity contribution is 0.575. The van der Waals surface area contributed by atoms with Gasteiger partial charge in [0.2, 0.25) is 0 Å². The highest BCUT2D eigenvalue weighted by atomic mass is 14.9. The van der Waals surface area contributed by atoms with Crippen LogP contribution >= 0.6 is 0 Å². The summed E-state index contributed by atoms with van der Waals surface area (Å²) < 4.78 is 0. The van der Waals surface area contributed by atoms with Gasteiger partial charge in [0, 0.05) is 12.2 Å². The quantitative estimate of drug-likeness (QED) is 0.239. The molecule has 0 amide bonds. The fraction of sp³-hybridized carbons (Fsp3) is 0.769. The van der Waals surface area contributed by atoms with Gasteiger partial charge in [0.1, 0.15) is 0 Å². The minimum absolute atomic E-state index is 1.12. The normalized spacial score (nSPS) is 11.0. The summed E-state index contributed by atoms with van der Waals surface area (Å²) in [5, 5.41) is 3.58. The van der Waals surface area contributed by atoms with E-state index in [0.29, 0.717) is 0 Å². The van der Waals surface area contributed by atoms with E-state index in [9.17, 15) is 0 Å². The SMILES string of the molecule is CCCCCCCCCCNc1ccc(CCCCCCCCCC)cc1. The van der Waals surface area contributed by atoms with E-state index in [2.05, 4.69) is 43.4 Å². The van der Waals surface area contributed by atoms with E-state index in [1.54, 1.807) is 0 Å². The van der Waals surface area contributed by atoms with Crippen LogP contribution in [-0.2, 0) is 6.42 Å². The van der Waals surface area contributed by atoms with Crippen molar-refractivity contribution < 1.29 is 0 Å². The van der Waals surface area contributed by atoms with Crippen LogP contribution < -0.4 is 5.32 Å². The molecule has 0 aliphatic rings. The Balaban J connectivity index is 1.96. The molecule has 0 bridgehead atoms. The van der Waals surface area contributed by atoms with Crippen molar-refractivity contribution in [2.24, 2.45) is 0 Å². The van der Waals surface area contributed by atoms with Crippen molar-refractivity contribution in [3.63, 3.8) is 0 Å². The highest BCUT2D eigenvalue weighted by Crippen LogP contribution is 2.15. The molecule has 1 N–H and O–H groups in total. The lowest BCUT2D eigenvalue weighted by Gasteiger charge is -2.08. The Labute approximate surface area is 170 Å². The number of unbranched alkanes of at least 4 members (excludes halogenated alkanes) is 14. The van der Waals surface area contributed by atoms with Gasteiger partial charge in [0.25, 0.3) is 0 Å². The molecule has 156 valence electrons. The van der Waals surface area contributed by atoms with E-state index in [1.807, 2.05) is 0 Å². The second-order valence-electron chi connectivity index (χ2n) is 8.32. The number of hydrogen-bond donors (Lipinski definition) is 1. The second-order valence-corrected chi connectivity index (χ2v) is 8.32. The third-order valence-electron chi connectivity index (χ3n) is 5.63. The van der Waals surface area contributed by atoms with Crippen molar-refractivity contribution in [1.29, 1.82) is 0 Å². The number of hydrogen-bond acceptors (Lipinski definition) is 1. The molecule has 0 saturated heterocycles. The summed E-state index contributed by atoms with van der Waals surface area (Å²) in [6.45, 7) is 5.69.